The number of anilines is 1. The first-order valence-corrected chi connectivity index (χ1v) is 9.59. The van der Waals surface area contributed by atoms with Gasteiger partial charge >= 0.3 is 0 Å². The first kappa shape index (κ1) is 17.7. The molecule has 2 heterocycles. The zero-order valence-electron chi connectivity index (χ0n) is 14.6. The number of amides is 1. The van der Waals surface area contributed by atoms with E-state index in [-0.39, 0.29) is 22.9 Å². The summed E-state index contributed by atoms with van der Waals surface area (Å²) in [4.78, 5) is 24.2. The molecule has 1 aromatic carbocycles. The number of carbonyl (C=O) groups excluding carboxylic acids is 1. The number of nitrogens with zero attached hydrogens (tertiary/aromatic N) is 1. The molecule has 1 amide bonds. The first-order chi connectivity index (χ1) is 12.9. The number of aryl methyl sites for hydroxylation is 1. The average Bonchev–Trinajstić information content (AvgIpc) is 3.47. The summed E-state index contributed by atoms with van der Waals surface area (Å²) in [5.74, 6) is 0.869. The number of hydrogen-bond acceptors (Lipinski definition) is 5. The van der Waals surface area contributed by atoms with E-state index in [2.05, 4.69) is 5.32 Å². The highest BCUT2D eigenvalue weighted by Gasteiger charge is 2.27. The highest BCUT2D eigenvalue weighted by molar-refractivity contribution is 7.79. The van der Waals surface area contributed by atoms with Crippen molar-refractivity contribution in [2.24, 2.45) is 13.0 Å². The molecular weight excluding hydrogens is 372 g/mol. The van der Waals surface area contributed by atoms with Crippen molar-refractivity contribution >= 4 is 22.7 Å². The number of pyridine rings is 1. The van der Waals surface area contributed by atoms with Crippen molar-refractivity contribution < 1.29 is 23.0 Å². The van der Waals surface area contributed by atoms with Crippen molar-refractivity contribution in [3.05, 3.63) is 34.7 Å². The monoisotopic (exact) mass is 390 g/mol. The van der Waals surface area contributed by atoms with Gasteiger partial charge < -0.3 is 23.9 Å². The van der Waals surface area contributed by atoms with E-state index in [4.69, 9.17) is 9.47 Å². The van der Waals surface area contributed by atoms with Gasteiger partial charge in [-0.2, -0.15) is 0 Å². The van der Waals surface area contributed by atoms with Crippen molar-refractivity contribution in [2.75, 3.05) is 18.5 Å². The van der Waals surface area contributed by atoms with Crippen molar-refractivity contribution in [3.63, 3.8) is 0 Å². The molecule has 2 aromatic rings. The third-order valence-corrected chi connectivity index (χ3v) is 5.21. The third kappa shape index (κ3) is 3.47. The van der Waals surface area contributed by atoms with E-state index >= 15 is 0 Å². The molecule has 2 aliphatic rings. The second kappa shape index (κ2) is 6.82. The molecule has 1 fully saturated rings. The van der Waals surface area contributed by atoms with Gasteiger partial charge in [0, 0.05) is 24.4 Å². The van der Waals surface area contributed by atoms with Crippen LogP contribution in [-0.2, 0) is 22.9 Å². The van der Waals surface area contributed by atoms with Gasteiger partial charge in [0.05, 0.1) is 11.5 Å². The highest BCUT2D eigenvalue weighted by Crippen LogP contribution is 2.42. The minimum Gasteiger partial charge on any atom is -0.493 e. The lowest BCUT2D eigenvalue weighted by molar-refractivity contribution is -0.118. The van der Waals surface area contributed by atoms with Crippen LogP contribution in [-0.4, -0.2) is 32.4 Å². The van der Waals surface area contributed by atoms with E-state index in [0.29, 0.717) is 29.4 Å². The number of aromatic nitrogens is 1. The predicted molar refractivity (Wildman–Crippen MR) is 98.5 cm³/mol. The molecule has 1 aliphatic carbocycles. The quantitative estimate of drug-likeness (QED) is 0.754. The summed E-state index contributed by atoms with van der Waals surface area (Å²) < 4.78 is 33.8. The van der Waals surface area contributed by atoms with Crippen LogP contribution in [0.5, 0.6) is 11.5 Å². The lowest BCUT2D eigenvalue weighted by Crippen LogP contribution is -2.32. The molecule has 1 unspecified atom stereocenters. The summed E-state index contributed by atoms with van der Waals surface area (Å²) in [5.41, 5.74) is 0.683. The van der Waals surface area contributed by atoms with E-state index in [1.54, 1.807) is 19.3 Å². The van der Waals surface area contributed by atoms with Gasteiger partial charge in [0.25, 0.3) is 11.5 Å². The van der Waals surface area contributed by atoms with Crippen LogP contribution in [0, 0.1) is 5.92 Å². The Kier molecular flexibility index (Phi) is 4.48. The zero-order valence-corrected chi connectivity index (χ0v) is 15.4. The minimum absolute atomic E-state index is 0.0508. The number of ether oxygens (including phenoxy) is 2. The molecule has 1 atom stereocenters. The molecule has 1 aliphatic heterocycles. The first-order valence-electron chi connectivity index (χ1n) is 8.48. The molecule has 2 N–H and O–H groups in total. The second-order valence-corrected chi connectivity index (χ2v) is 7.63. The van der Waals surface area contributed by atoms with Crippen LogP contribution in [0.2, 0.25) is 0 Å². The van der Waals surface area contributed by atoms with E-state index < -0.39 is 22.5 Å². The number of hydrogen-bond donors (Lipinski definition) is 2. The molecule has 0 radical (unpaired) electrons. The van der Waals surface area contributed by atoms with Gasteiger partial charge in [0.1, 0.15) is 5.75 Å². The van der Waals surface area contributed by atoms with Crippen molar-refractivity contribution in [1.29, 1.82) is 0 Å². The van der Waals surface area contributed by atoms with Crippen molar-refractivity contribution in [2.45, 2.75) is 17.7 Å². The van der Waals surface area contributed by atoms with E-state index in [1.807, 2.05) is 0 Å². The topological polar surface area (TPSA) is 107 Å². The molecule has 0 saturated heterocycles. The fourth-order valence-corrected chi connectivity index (χ4v) is 3.33. The van der Waals surface area contributed by atoms with E-state index in [9.17, 15) is 18.4 Å². The molecule has 142 valence electrons. The molecule has 0 spiro atoms. The van der Waals surface area contributed by atoms with Crippen LogP contribution in [0.25, 0.3) is 11.1 Å². The largest absolute Gasteiger partial charge is 0.493 e. The molecule has 1 saturated carbocycles. The lowest BCUT2D eigenvalue weighted by atomic mass is 10.0. The van der Waals surface area contributed by atoms with Crippen LogP contribution in [0.1, 0.15) is 12.8 Å². The fourth-order valence-electron chi connectivity index (χ4n) is 2.93. The normalized spacial score (nSPS) is 16.9. The van der Waals surface area contributed by atoms with Crippen molar-refractivity contribution in [1.82, 2.24) is 4.57 Å². The maximum Gasteiger partial charge on any atom is 0.277 e. The molecule has 0 bridgehead atoms. The Hall–Kier alpha value is -2.65. The van der Waals surface area contributed by atoms with Crippen LogP contribution >= 0.6 is 0 Å². The van der Waals surface area contributed by atoms with E-state index in [0.717, 1.165) is 12.8 Å². The number of fused-ring (bicyclic) bond motifs is 1. The molecule has 8 nitrogen and oxygen atoms in total. The predicted octanol–water partition coefficient (Wildman–Crippen LogP) is 1.75. The van der Waals surface area contributed by atoms with Crippen LogP contribution in [0.15, 0.2) is 34.1 Å². The second-order valence-electron chi connectivity index (χ2n) is 6.66. The summed E-state index contributed by atoms with van der Waals surface area (Å²) in [6, 6.07) is 4.71. The van der Waals surface area contributed by atoms with Crippen LogP contribution in [0.3, 0.4) is 0 Å². The summed E-state index contributed by atoms with van der Waals surface area (Å²) >= 11 is -2.17. The number of benzene rings is 1. The zero-order chi connectivity index (χ0) is 19.1. The number of carbonyl (C=O) groups is 1. The highest BCUT2D eigenvalue weighted by atomic mass is 32.2. The number of rotatable bonds is 5. The van der Waals surface area contributed by atoms with Gasteiger partial charge in [-0.1, -0.05) is 0 Å². The molecule has 27 heavy (non-hydrogen) atoms. The van der Waals surface area contributed by atoms with Gasteiger partial charge in [0.2, 0.25) is 0 Å². The van der Waals surface area contributed by atoms with E-state index in [1.165, 1.54) is 16.7 Å². The molecular formula is C18H18N2O6S. The Bertz CT molecular complexity index is 1010. The fraction of sp³-hybridized carbons (Fsp3) is 0.333. The average molecular weight is 390 g/mol. The van der Waals surface area contributed by atoms with Crippen molar-refractivity contribution in [3.8, 4) is 22.6 Å². The summed E-state index contributed by atoms with van der Waals surface area (Å²) in [5, 5.41) is 2.55. The summed E-state index contributed by atoms with van der Waals surface area (Å²) in [6.07, 6.45) is 3.82. The van der Waals surface area contributed by atoms with Gasteiger partial charge in [-0.3, -0.25) is 9.59 Å². The van der Waals surface area contributed by atoms with Gasteiger partial charge in [-0.25, -0.2) is 4.21 Å². The van der Waals surface area contributed by atoms with Crippen LogP contribution < -0.4 is 20.3 Å². The van der Waals surface area contributed by atoms with Gasteiger partial charge in [-0.15, -0.1) is 0 Å². The maximum atomic E-state index is 12.4. The SMILES string of the molecule is Cn1cc(-c2cc(S(=O)O)ccc2OCC2CC2)c2c(c1=O)NC(=O)CO2. The lowest BCUT2D eigenvalue weighted by Gasteiger charge is -2.22. The van der Waals surface area contributed by atoms with Gasteiger partial charge in [0.15, 0.2) is 29.1 Å². The Balaban J connectivity index is 1.88. The van der Waals surface area contributed by atoms with Gasteiger partial charge in [-0.05, 0) is 37.0 Å². The Morgan fingerprint density at radius 1 is 1.33 bits per heavy atom. The Morgan fingerprint density at radius 3 is 2.81 bits per heavy atom. The Morgan fingerprint density at radius 2 is 2.11 bits per heavy atom. The molecule has 9 heteroatoms. The standard InChI is InChI=1S/C18H18N2O6S/c1-20-7-13(17-16(18(20)22)19-15(21)9-26-17)12-6-11(27(23)24)4-5-14(12)25-8-10-2-3-10/h4-7,10H,2-3,8-9H2,1H3,(H,19,21)(H,23,24). The molecule has 4 rings (SSSR count). The minimum atomic E-state index is -2.17. The van der Waals surface area contributed by atoms with Crippen LogP contribution in [0.4, 0.5) is 5.69 Å². The molecule has 1 aromatic heterocycles. The summed E-state index contributed by atoms with van der Waals surface area (Å²) in [6.45, 7) is 0.344. The smallest absolute Gasteiger partial charge is 0.277 e. The third-order valence-electron chi connectivity index (χ3n) is 4.55. The number of nitrogens with one attached hydrogen (secondary N) is 1. The summed E-state index contributed by atoms with van der Waals surface area (Å²) in [7, 11) is 1.56. The Labute approximate surface area is 157 Å². The maximum absolute atomic E-state index is 12.4.